The Kier molecular flexibility index (Phi) is 7.80. The fraction of sp³-hybridized carbons (Fsp3) is 0.429. The largest absolute Gasteiger partial charge is 0.379 e. The van der Waals surface area contributed by atoms with Gasteiger partial charge < -0.3 is 20.4 Å². The molecule has 1 unspecified atom stereocenters. The van der Waals surface area contributed by atoms with Crippen LogP contribution in [0.4, 0.5) is 0 Å². The standard InChI is InChI=1S/C21H29N5O3/c1-22-11-5-8-18(21(28)25-26-12-14-29-15-13-26)24-20(27)19-10-9-17(23-19)16-6-3-2-4-7-16/h2-4,6-7,9-10,18,22-23H,5,8,11-15H2,1H3,(H,24,27)(H,25,28). The number of hydrogen-bond donors (Lipinski definition) is 4. The highest BCUT2D eigenvalue weighted by Crippen LogP contribution is 2.18. The van der Waals surface area contributed by atoms with E-state index in [0.29, 0.717) is 38.4 Å². The van der Waals surface area contributed by atoms with Gasteiger partial charge in [0.2, 0.25) is 0 Å². The Bertz CT molecular complexity index is 787. The van der Waals surface area contributed by atoms with Crippen molar-refractivity contribution in [2.24, 2.45) is 0 Å². The zero-order valence-electron chi connectivity index (χ0n) is 16.7. The summed E-state index contributed by atoms with van der Waals surface area (Å²) in [4.78, 5) is 28.7. The number of hydrogen-bond acceptors (Lipinski definition) is 5. The third kappa shape index (κ3) is 6.15. The number of rotatable bonds is 9. The van der Waals surface area contributed by atoms with Crippen molar-refractivity contribution in [1.29, 1.82) is 0 Å². The molecule has 4 N–H and O–H groups in total. The van der Waals surface area contributed by atoms with E-state index >= 15 is 0 Å². The van der Waals surface area contributed by atoms with Gasteiger partial charge in [0.1, 0.15) is 11.7 Å². The predicted octanol–water partition coefficient (Wildman–Crippen LogP) is 1.14. The van der Waals surface area contributed by atoms with Gasteiger partial charge in [-0.3, -0.25) is 15.0 Å². The Morgan fingerprint density at radius 3 is 2.62 bits per heavy atom. The molecule has 2 aromatic rings. The van der Waals surface area contributed by atoms with Crippen molar-refractivity contribution in [3.8, 4) is 11.3 Å². The highest BCUT2D eigenvalue weighted by atomic mass is 16.5. The van der Waals surface area contributed by atoms with Crippen LogP contribution in [0.2, 0.25) is 0 Å². The monoisotopic (exact) mass is 399 g/mol. The van der Waals surface area contributed by atoms with E-state index in [2.05, 4.69) is 21.0 Å². The van der Waals surface area contributed by atoms with Crippen molar-refractivity contribution in [1.82, 2.24) is 26.1 Å². The van der Waals surface area contributed by atoms with Crippen LogP contribution in [-0.4, -0.2) is 67.7 Å². The first-order valence-electron chi connectivity index (χ1n) is 10.0. The maximum Gasteiger partial charge on any atom is 0.268 e. The van der Waals surface area contributed by atoms with Crippen LogP contribution in [0.1, 0.15) is 23.3 Å². The molecule has 0 aliphatic carbocycles. The molecule has 1 aromatic heterocycles. The quantitative estimate of drug-likeness (QED) is 0.474. The van der Waals surface area contributed by atoms with Crippen molar-refractivity contribution in [2.75, 3.05) is 39.9 Å². The molecule has 3 rings (SSSR count). The fourth-order valence-electron chi connectivity index (χ4n) is 3.21. The highest BCUT2D eigenvalue weighted by Gasteiger charge is 2.24. The molecule has 156 valence electrons. The van der Waals surface area contributed by atoms with Gasteiger partial charge in [0.05, 0.1) is 13.2 Å². The summed E-state index contributed by atoms with van der Waals surface area (Å²) < 4.78 is 5.31. The van der Waals surface area contributed by atoms with Gasteiger partial charge in [-0.1, -0.05) is 30.3 Å². The molecule has 0 spiro atoms. The van der Waals surface area contributed by atoms with E-state index in [0.717, 1.165) is 24.2 Å². The molecular formula is C21H29N5O3. The van der Waals surface area contributed by atoms with Gasteiger partial charge in [0.15, 0.2) is 0 Å². The number of benzene rings is 1. The van der Waals surface area contributed by atoms with E-state index in [9.17, 15) is 9.59 Å². The molecule has 1 saturated heterocycles. The van der Waals surface area contributed by atoms with Crippen LogP contribution in [-0.2, 0) is 9.53 Å². The van der Waals surface area contributed by atoms with Crippen LogP contribution in [0.15, 0.2) is 42.5 Å². The summed E-state index contributed by atoms with van der Waals surface area (Å²) >= 11 is 0. The van der Waals surface area contributed by atoms with E-state index in [-0.39, 0.29) is 11.8 Å². The van der Waals surface area contributed by atoms with Crippen molar-refractivity contribution in [3.05, 3.63) is 48.2 Å². The number of hydrazine groups is 1. The van der Waals surface area contributed by atoms with Crippen LogP contribution in [0.3, 0.4) is 0 Å². The molecule has 0 bridgehead atoms. The SMILES string of the molecule is CNCCCC(NC(=O)c1ccc(-c2ccccc2)[nH]1)C(=O)NN1CCOCC1. The third-order valence-corrected chi connectivity index (χ3v) is 4.84. The van der Waals surface area contributed by atoms with Crippen molar-refractivity contribution >= 4 is 11.8 Å². The molecule has 1 aliphatic heterocycles. The molecule has 8 heteroatoms. The molecule has 0 radical (unpaired) electrons. The second-order valence-electron chi connectivity index (χ2n) is 7.00. The summed E-state index contributed by atoms with van der Waals surface area (Å²) in [6.45, 7) is 3.22. The number of aromatic amines is 1. The second kappa shape index (κ2) is 10.8. The molecule has 2 amide bonds. The molecule has 0 saturated carbocycles. The van der Waals surface area contributed by atoms with Crippen molar-refractivity contribution in [3.63, 3.8) is 0 Å². The normalized spacial score (nSPS) is 15.6. The van der Waals surface area contributed by atoms with Gasteiger partial charge in [0, 0.05) is 18.8 Å². The minimum atomic E-state index is -0.609. The summed E-state index contributed by atoms with van der Waals surface area (Å²) in [7, 11) is 1.87. The zero-order chi connectivity index (χ0) is 20.5. The van der Waals surface area contributed by atoms with E-state index in [1.54, 1.807) is 6.07 Å². The van der Waals surface area contributed by atoms with Gasteiger partial charge >= 0.3 is 0 Å². The average Bonchev–Trinajstić information content (AvgIpc) is 3.25. The van der Waals surface area contributed by atoms with Crippen LogP contribution in [0, 0.1) is 0 Å². The molecular weight excluding hydrogens is 370 g/mol. The third-order valence-electron chi connectivity index (χ3n) is 4.84. The Balaban J connectivity index is 1.63. The van der Waals surface area contributed by atoms with E-state index in [1.165, 1.54) is 0 Å². The number of amides is 2. The Labute approximate surface area is 171 Å². The van der Waals surface area contributed by atoms with Crippen molar-refractivity contribution in [2.45, 2.75) is 18.9 Å². The number of aromatic nitrogens is 1. The maximum absolute atomic E-state index is 12.8. The zero-order valence-corrected chi connectivity index (χ0v) is 16.7. The minimum absolute atomic E-state index is 0.203. The summed E-state index contributed by atoms with van der Waals surface area (Å²) in [5.41, 5.74) is 5.20. The molecule has 1 aliphatic rings. The van der Waals surface area contributed by atoms with Gasteiger partial charge in [-0.25, -0.2) is 5.01 Å². The number of morpholine rings is 1. The summed E-state index contributed by atoms with van der Waals surface area (Å²) in [5.74, 6) is -0.495. The highest BCUT2D eigenvalue weighted by molar-refractivity contribution is 5.96. The molecule has 1 aromatic carbocycles. The lowest BCUT2D eigenvalue weighted by molar-refractivity contribution is -0.130. The van der Waals surface area contributed by atoms with Crippen molar-refractivity contribution < 1.29 is 14.3 Å². The number of carbonyl (C=O) groups is 2. The minimum Gasteiger partial charge on any atom is -0.379 e. The lowest BCUT2D eigenvalue weighted by Crippen LogP contribution is -2.55. The first-order valence-corrected chi connectivity index (χ1v) is 10.0. The summed E-state index contributed by atoms with van der Waals surface area (Å²) in [6, 6.07) is 12.8. The Morgan fingerprint density at radius 2 is 1.90 bits per heavy atom. The van der Waals surface area contributed by atoms with Crippen LogP contribution >= 0.6 is 0 Å². The summed E-state index contributed by atoms with van der Waals surface area (Å²) in [5, 5.41) is 7.79. The van der Waals surface area contributed by atoms with Gasteiger partial charge in [-0.2, -0.15) is 0 Å². The second-order valence-corrected chi connectivity index (χ2v) is 7.00. The smallest absolute Gasteiger partial charge is 0.268 e. The number of H-pyrrole nitrogens is 1. The fourth-order valence-corrected chi connectivity index (χ4v) is 3.21. The first kappa shape index (κ1) is 21.0. The van der Waals surface area contributed by atoms with Crippen LogP contribution in [0.25, 0.3) is 11.3 Å². The van der Waals surface area contributed by atoms with E-state index < -0.39 is 6.04 Å². The van der Waals surface area contributed by atoms with E-state index in [1.807, 2.05) is 48.5 Å². The molecule has 1 atom stereocenters. The Hall–Kier alpha value is -2.68. The predicted molar refractivity (Wildman–Crippen MR) is 111 cm³/mol. The molecule has 2 heterocycles. The van der Waals surface area contributed by atoms with E-state index in [4.69, 9.17) is 4.74 Å². The molecule has 1 fully saturated rings. The van der Waals surface area contributed by atoms with Crippen LogP contribution in [0.5, 0.6) is 0 Å². The topological polar surface area (TPSA) is 98.5 Å². The summed E-state index contributed by atoms with van der Waals surface area (Å²) in [6.07, 6.45) is 1.33. The lowest BCUT2D eigenvalue weighted by Gasteiger charge is -2.29. The molecule has 29 heavy (non-hydrogen) atoms. The first-order chi connectivity index (χ1) is 14.2. The number of carbonyl (C=O) groups excluding carboxylic acids is 2. The molecule has 8 nitrogen and oxygen atoms in total. The number of nitrogens with one attached hydrogen (secondary N) is 4. The van der Waals surface area contributed by atoms with Gasteiger partial charge in [0.25, 0.3) is 11.8 Å². The lowest BCUT2D eigenvalue weighted by atomic mass is 10.1. The maximum atomic E-state index is 12.8. The van der Waals surface area contributed by atoms with Gasteiger partial charge in [-0.05, 0) is 44.1 Å². The number of ether oxygens (including phenoxy) is 1. The Morgan fingerprint density at radius 1 is 1.14 bits per heavy atom. The van der Waals surface area contributed by atoms with Crippen LogP contribution < -0.4 is 16.1 Å². The number of nitrogens with zero attached hydrogens (tertiary/aromatic N) is 1. The van der Waals surface area contributed by atoms with Gasteiger partial charge in [-0.15, -0.1) is 0 Å². The average molecular weight is 399 g/mol.